The zero-order chi connectivity index (χ0) is 10.3. The highest BCUT2D eigenvalue weighted by atomic mass is 19.1. The molecule has 0 spiro atoms. The molecule has 1 aliphatic carbocycles. The van der Waals surface area contributed by atoms with Crippen LogP contribution in [0.4, 0.5) is 10.1 Å². The van der Waals surface area contributed by atoms with E-state index in [0.717, 1.165) is 24.0 Å². The van der Waals surface area contributed by atoms with Crippen molar-refractivity contribution in [3.05, 3.63) is 29.1 Å². The molecule has 0 aromatic heterocycles. The molecule has 1 atom stereocenters. The van der Waals surface area contributed by atoms with Gasteiger partial charge in [0, 0.05) is 11.7 Å². The molecule has 1 aromatic rings. The first-order chi connectivity index (χ1) is 6.59. The van der Waals surface area contributed by atoms with Crippen LogP contribution in [0.5, 0.6) is 0 Å². The maximum atomic E-state index is 13.1. The van der Waals surface area contributed by atoms with Crippen molar-refractivity contribution in [2.45, 2.75) is 25.8 Å². The normalized spacial score (nSPS) is 18.2. The third-order valence-electron chi connectivity index (χ3n) is 2.87. The first-order valence-electron chi connectivity index (χ1n) is 4.90. The van der Waals surface area contributed by atoms with E-state index in [1.807, 2.05) is 6.92 Å². The van der Waals surface area contributed by atoms with Crippen LogP contribution in [0.1, 0.15) is 30.0 Å². The van der Waals surface area contributed by atoms with E-state index < -0.39 is 0 Å². The summed E-state index contributed by atoms with van der Waals surface area (Å²) in [4.78, 5) is 0. The van der Waals surface area contributed by atoms with Crippen LogP contribution in [0.15, 0.2) is 12.1 Å². The Bertz CT molecular complexity index is 359. The Morgan fingerprint density at radius 3 is 2.64 bits per heavy atom. The molecule has 0 unspecified atom stereocenters. The first kappa shape index (κ1) is 9.46. The maximum Gasteiger partial charge on any atom is 0.123 e. The summed E-state index contributed by atoms with van der Waals surface area (Å²) < 4.78 is 13.1. The summed E-state index contributed by atoms with van der Waals surface area (Å²) in [5.74, 6) is 0.251. The van der Waals surface area contributed by atoms with Gasteiger partial charge in [-0.15, -0.1) is 0 Å². The molecule has 2 rings (SSSR count). The van der Waals surface area contributed by atoms with Gasteiger partial charge in [-0.1, -0.05) is 0 Å². The Hall–Kier alpha value is -1.09. The average Bonchev–Trinajstić information content (AvgIpc) is 2.93. The van der Waals surface area contributed by atoms with Crippen LogP contribution in [-0.4, -0.2) is 0 Å². The maximum absolute atomic E-state index is 13.1. The summed E-state index contributed by atoms with van der Waals surface area (Å²) in [5, 5.41) is 0. The molecule has 1 fully saturated rings. The van der Waals surface area contributed by atoms with E-state index in [2.05, 4.69) is 0 Å². The van der Waals surface area contributed by atoms with Gasteiger partial charge in [-0.2, -0.15) is 0 Å². The minimum Gasteiger partial charge on any atom is -0.398 e. The van der Waals surface area contributed by atoms with E-state index >= 15 is 0 Å². The predicted molar refractivity (Wildman–Crippen MR) is 55.2 cm³/mol. The number of halogens is 1. The molecule has 14 heavy (non-hydrogen) atoms. The molecule has 0 amide bonds. The molecule has 2 nitrogen and oxygen atoms in total. The van der Waals surface area contributed by atoms with Gasteiger partial charge in [0.1, 0.15) is 5.82 Å². The van der Waals surface area contributed by atoms with E-state index in [1.54, 1.807) is 0 Å². The van der Waals surface area contributed by atoms with E-state index in [4.69, 9.17) is 11.5 Å². The van der Waals surface area contributed by atoms with Crippen LogP contribution in [0, 0.1) is 18.7 Å². The Labute approximate surface area is 83.1 Å². The summed E-state index contributed by atoms with van der Waals surface area (Å²) in [6.07, 6.45) is 2.27. The quantitative estimate of drug-likeness (QED) is 0.708. The first-order valence-corrected chi connectivity index (χ1v) is 4.90. The van der Waals surface area contributed by atoms with Crippen LogP contribution < -0.4 is 11.5 Å². The second-order valence-corrected chi connectivity index (χ2v) is 4.09. The fourth-order valence-electron chi connectivity index (χ4n) is 1.77. The van der Waals surface area contributed by atoms with E-state index in [1.165, 1.54) is 12.1 Å². The largest absolute Gasteiger partial charge is 0.398 e. The van der Waals surface area contributed by atoms with Gasteiger partial charge in [0.15, 0.2) is 0 Å². The van der Waals surface area contributed by atoms with Gasteiger partial charge in [-0.3, -0.25) is 0 Å². The van der Waals surface area contributed by atoms with Gasteiger partial charge in [0.2, 0.25) is 0 Å². The molecule has 0 radical (unpaired) electrons. The van der Waals surface area contributed by atoms with Crippen molar-refractivity contribution in [2.24, 2.45) is 11.7 Å². The molecule has 0 bridgehead atoms. The summed E-state index contributed by atoms with van der Waals surface area (Å²) in [6, 6.07) is 2.81. The predicted octanol–water partition coefficient (Wildman–Crippen LogP) is 2.13. The van der Waals surface area contributed by atoms with Crippen molar-refractivity contribution >= 4 is 5.69 Å². The summed E-state index contributed by atoms with van der Waals surface area (Å²) in [5.41, 5.74) is 14.1. The molecular weight excluding hydrogens is 179 g/mol. The molecule has 3 heteroatoms. The van der Waals surface area contributed by atoms with Gasteiger partial charge < -0.3 is 11.5 Å². The lowest BCUT2D eigenvalue weighted by molar-refractivity contribution is 0.602. The topological polar surface area (TPSA) is 52.0 Å². The standard InChI is InChI=1S/C11H15FN2/c1-6-4-8(12)5-9(10(6)13)11(14)7-2-3-7/h4-5,7,11H,2-3,13-14H2,1H3/t11-/m1/s1. The molecular formula is C11H15FN2. The molecule has 1 aliphatic rings. The van der Waals surface area contributed by atoms with Crippen LogP contribution in [-0.2, 0) is 0 Å². The van der Waals surface area contributed by atoms with Gasteiger partial charge in [-0.05, 0) is 48.9 Å². The summed E-state index contributed by atoms with van der Waals surface area (Å²) >= 11 is 0. The van der Waals surface area contributed by atoms with Gasteiger partial charge in [0.05, 0.1) is 0 Å². The Balaban J connectivity index is 2.39. The van der Waals surface area contributed by atoms with Crippen molar-refractivity contribution < 1.29 is 4.39 Å². The molecule has 0 aliphatic heterocycles. The fraction of sp³-hybridized carbons (Fsp3) is 0.455. The van der Waals surface area contributed by atoms with Crippen molar-refractivity contribution in [2.75, 3.05) is 5.73 Å². The number of hydrogen-bond acceptors (Lipinski definition) is 2. The van der Waals surface area contributed by atoms with Crippen LogP contribution >= 0.6 is 0 Å². The van der Waals surface area contributed by atoms with E-state index in [0.29, 0.717) is 11.6 Å². The second kappa shape index (κ2) is 3.24. The number of nitrogen functional groups attached to an aromatic ring is 1. The minimum absolute atomic E-state index is 0.0931. The number of rotatable bonds is 2. The Kier molecular flexibility index (Phi) is 2.19. The average molecular weight is 194 g/mol. The highest BCUT2D eigenvalue weighted by Gasteiger charge is 2.31. The van der Waals surface area contributed by atoms with Crippen molar-refractivity contribution in [3.63, 3.8) is 0 Å². The molecule has 4 N–H and O–H groups in total. The monoisotopic (exact) mass is 194 g/mol. The molecule has 0 saturated heterocycles. The molecule has 1 saturated carbocycles. The lowest BCUT2D eigenvalue weighted by Gasteiger charge is -2.15. The van der Waals surface area contributed by atoms with E-state index in [-0.39, 0.29) is 11.9 Å². The lowest BCUT2D eigenvalue weighted by atomic mass is 9.98. The Morgan fingerprint density at radius 1 is 1.43 bits per heavy atom. The fourth-order valence-corrected chi connectivity index (χ4v) is 1.77. The number of benzene rings is 1. The van der Waals surface area contributed by atoms with Gasteiger partial charge in [-0.25, -0.2) is 4.39 Å². The Morgan fingerprint density at radius 2 is 2.07 bits per heavy atom. The summed E-state index contributed by atoms with van der Waals surface area (Å²) in [6.45, 7) is 1.81. The highest BCUT2D eigenvalue weighted by molar-refractivity contribution is 5.55. The number of nitrogens with two attached hydrogens (primary N) is 2. The van der Waals surface area contributed by atoms with Crippen LogP contribution in [0.3, 0.4) is 0 Å². The van der Waals surface area contributed by atoms with Crippen molar-refractivity contribution in [1.82, 2.24) is 0 Å². The highest BCUT2D eigenvalue weighted by Crippen LogP contribution is 2.41. The zero-order valence-electron chi connectivity index (χ0n) is 8.26. The summed E-state index contributed by atoms with van der Waals surface area (Å²) in [7, 11) is 0. The molecule has 0 heterocycles. The minimum atomic E-state index is -0.247. The zero-order valence-corrected chi connectivity index (χ0v) is 8.26. The third-order valence-corrected chi connectivity index (χ3v) is 2.87. The van der Waals surface area contributed by atoms with Crippen LogP contribution in [0.25, 0.3) is 0 Å². The van der Waals surface area contributed by atoms with Crippen molar-refractivity contribution in [3.8, 4) is 0 Å². The number of aryl methyl sites for hydroxylation is 1. The number of anilines is 1. The number of hydrogen-bond donors (Lipinski definition) is 2. The van der Waals surface area contributed by atoms with Crippen LogP contribution in [0.2, 0.25) is 0 Å². The van der Waals surface area contributed by atoms with Gasteiger partial charge in [0.25, 0.3) is 0 Å². The second-order valence-electron chi connectivity index (χ2n) is 4.09. The lowest BCUT2D eigenvalue weighted by Crippen LogP contribution is -2.15. The van der Waals surface area contributed by atoms with E-state index in [9.17, 15) is 4.39 Å². The SMILES string of the molecule is Cc1cc(F)cc([C@H](N)C2CC2)c1N. The third kappa shape index (κ3) is 1.60. The van der Waals surface area contributed by atoms with Crippen molar-refractivity contribution in [1.29, 1.82) is 0 Å². The smallest absolute Gasteiger partial charge is 0.123 e. The molecule has 76 valence electrons. The molecule has 1 aromatic carbocycles. The van der Waals surface area contributed by atoms with Gasteiger partial charge >= 0.3 is 0 Å².